The summed E-state index contributed by atoms with van der Waals surface area (Å²) in [7, 11) is 0. The van der Waals surface area contributed by atoms with Crippen molar-refractivity contribution >= 4 is 33.1 Å². The van der Waals surface area contributed by atoms with Crippen LogP contribution in [0.5, 0.6) is 5.75 Å². The van der Waals surface area contributed by atoms with E-state index >= 15 is 0 Å². The van der Waals surface area contributed by atoms with Crippen LogP contribution in [0.2, 0.25) is 0 Å². The first-order chi connectivity index (χ1) is 15.1. The molecule has 0 bridgehead atoms. The average Bonchev–Trinajstić information content (AvgIpc) is 3.39. The van der Waals surface area contributed by atoms with Gasteiger partial charge in [0.1, 0.15) is 11.9 Å². The predicted octanol–water partition coefficient (Wildman–Crippen LogP) is 4.01. The molecule has 2 aliphatic heterocycles. The summed E-state index contributed by atoms with van der Waals surface area (Å²) in [5.74, 6) is 1.14. The van der Waals surface area contributed by atoms with Crippen molar-refractivity contribution in [1.82, 2.24) is 10.3 Å². The van der Waals surface area contributed by atoms with Crippen molar-refractivity contribution < 1.29 is 14.3 Å². The van der Waals surface area contributed by atoms with Crippen molar-refractivity contribution in [3.8, 4) is 16.9 Å². The van der Waals surface area contributed by atoms with Crippen LogP contribution in [0.15, 0.2) is 36.4 Å². The fraction of sp³-hybridized carbons (Fsp3) is 0.417. The Morgan fingerprint density at radius 1 is 1.19 bits per heavy atom. The van der Waals surface area contributed by atoms with Crippen molar-refractivity contribution in [2.75, 3.05) is 37.7 Å². The van der Waals surface area contributed by atoms with E-state index in [0.29, 0.717) is 13.0 Å². The van der Waals surface area contributed by atoms with E-state index in [1.807, 2.05) is 6.92 Å². The number of morpholine rings is 1. The Balaban J connectivity index is 1.44. The zero-order valence-electron chi connectivity index (χ0n) is 17.9. The maximum absolute atomic E-state index is 11.6. The molecule has 2 aromatic carbocycles. The van der Waals surface area contributed by atoms with Crippen LogP contribution in [0.25, 0.3) is 21.3 Å². The highest BCUT2D eigenvalue weighted by molar-refractivity contribution is 7.18. The molecule has 2 fully saturated rings. The number of anilines is 1. The van der Waals surface area contributed by atoms with Gasteiger partial charge in [0.15, 0.2) is 0 Å². The number of nitrogens with one attached hydrogen (secondary N) is 1. The molecule has 2 saturated heterocycles. The molecule has 31 heavy (non-hydrogen) atoms. The molecule has 5 rings (SSSR count). The first kappa shape index (κ1) is 20.3. The number of amides is 1. The van der Waals surface area contributed by atoms with Crippen molar-refractivity contribution in [2.45, 2.75) is 26.4 Å². The van der Waals surface area contributed by atoms with Crippen LogP contribution in [0.1, 0.15) is 18.4 Å². The Kier molecular flexibility index (Phi) is 5.54. The molecular weight excluding hydrogens is 410 g/mol. The molecule has 1 unspecified atom stereocenters. The number of ether oxygens (including phenoxy) is 2. The number of aromatic nitrogens is 1. The van der Waals surface area contributed by atoms with Crippen LogP contribution in [-0.2, 0) is 9.53 Å². The summed E-state index contributed by atoms with van der Waals surface area (Å²) < 4.78 is 12.9. The van der Waals surface area contributed by atoms with Gasteiger partial charge in [0.05, 0.1) is 28.4 Å². The third-order valence-corrected chi connectivity index (χ3v) is 7.13. The van der Waals surface area contributed by atoms with E-state index in [1.165, 1.54) is 5.69 Å². The fourth-order valence-electron chi connectivity index (χ4n) is 4.31. The Hall–Kier alpha value is -2.64. The largest absolute Gasteiger partial charge is 0.489 e. The van der Waals surface area contributed by atoms with E-state index in [-0.39, 0.29) is 17.9 Å². The molecular formula is C24H27N3O3S. The third-order valence-electron chi connectivity index (χ3n) is 6.13. The lowest BCUT2D eigenvalue weighted by Gasteiger charge is -2.29. The van der Waals surface area contributed by atoms with E-state index < -0.39 is 0 Å². The maximum atomic E-state index is 11.6. The number of carbonyl (C=O) groups excluding carboxylic acids is 1. The second-order valence-electron chi connectivity index (χ2n) is 8.29. The molecule has 0 radical (unpaired) electrons. The smallest absolute Gasteiger partial charge is 0.220 e. The molecule has 1 amide bonds. The Bertz CT molecular complexity index is 1090. The molecule has 3 heterocycles. The number of thiazole rings is 1. The van der Waals surface area contributed by atoms with Crippen LogP contribution in [0.4, 0.5) is 5.69 Å². The van der Waals surface area contributed by atoms with Crippen molar-refractivity contribution in [3.05, 3.63) is 41.4 Å². The first-order valence-corrected chi connectivity index (χ1v) is 11.7. The number of nitrogens with zero attached hydrogens (tertiary/aromatic N) is 2. The van der Waals surface area contributed by atoms with Gasteiger partial charge in [0, 0.05) is 37.7 Å². The van der Waals surface area contributed by atoms with Gasteiger partial charge < -0.3 is 19.7 Å². The van der Waals surface area contributed by atoms with Crippen LogP contribution in [-0.4, -0.2) is 49.8 Å². The van der Waals surface area contributed by atoms with Gasteiger partial charge in [0.2, 0.25) is 5.91 Å². The van der Waals surface area contributed by atoms with E-state index in [4.69, 9.17) is 14.5 Å². The average molecular weight is 438 g/mol. The van der Waals surface area contributed by atoms with Gasteiger partial charge in [-0.2, -0.15) is 0 Å². The number of aryl methyl sites for hydroxylation is 1. The van der Waals surface area contributed by atoms with E-state index in [9.17, 15) is 4.79 Å². The molecule has 0 aliphatic carbocycles. The Morgan fingerprint density at radius 2 is 1.97 bits per heavy atom. The van der Waals surface area contributed by atoms with Crippen LogP contribution >= 0.6 is 11.3 Å². The van der Waals surface area contributed by atoms with Gasteiger partial charge in [-0.15, -0.1) is 11.3 Å². The molecule has 0 spiro atoms. The zero-order valence-corrected chi connectivity index (χ0v) is 18.7. The number of fused-ring (bicyclic) bond motifs is 1. The summed E-state index contributed by atoms with van der Waals surface area (Å²) in [6.45, 7) is 8.16. The highest BCUT2D eigenvalue weighted by Gasteiger charge is 2.28. The second kappa shape index (κ2) is 8.48. The number of rotatable bonds is 5. The molecule has 6 nitrogen and oxygen atoms in total. The van der Waals surface area contributed by atoms with E-state index in [1.54, 1.807) is 11.3 Å². The molecule has 7 heteroatoms. The zero-order chi connectivity index (χ0) is 21.4. The minimum absolute atomic E-state index is 0.0523. The van der Waals surface area contributed by atoms with Gasteiger partial charge >= 0.3 is 0 Å². The van der Waals surface area contributed by atoms with Crippen molar-refractivity contribution in [3.63, 3.8) is 0 Å². The van der Waals surface area contributed by atoms with Gasteiger partial charge in [-0.1, -0.05) is 12.1 Å². The minimum Gasteiger partial charge on any atom is -0.489 e. The molecule has 3 aromatic rings. The van der Waals surface area contributed by atoms with Crippen LogP contribution < -0.4 is 15.0 Å². The summed E-state index contributed by atoms with van der Waals surface area (Å²) in [5, 5.41) is 3.93. The van der Waals surface area contributed by atoms with Crippen LogP contribution in [0.3, 0.4) is 0 Å². The van der Waals surface area contributed by atoms with Gasteiger partial charge in [-0.3, -0.25) is 4.79 Å². The third kappa shape index (κ3) is 4.25. The first-order valence-electron chi connectivity index (χ1n) is 10.8. The maximum Gasteiger partial charge on any atom is 0.220 e. The molecule has 2 aliphatic rings. The van der Waals surface area contributed by atoms with Gasteiger partial charge in [0.25, 0.3) is 0 Å². The highest BCUT2D eigenvalue weighted by Crippen LogP contribution is 2.37. The minimum atomic E-state index is -0.0523. The summed E-state index contributed by atoms with van der Waals surface area (Å²) >= 11 is 1.65. The van der Waals surface area contributed by atoms with E-state index in [2.05, 4.69) is 53.5 Å². The summed E-state index contributed by atoms with van der Waals surface area (Å²) in [6, 6.07) is 12.9. The lowest BCUT2D eigenvalue weighted by molar-refractivity contribution is -0.119. The monoisotopic (exact) mass is 437 g/mol. The Morgan fingerprint density at radius 3 is 2.68 bits per heavy atom. The standard InChI is InChI=1S/C24H27N3O3S/c1-15(19-13-23(28)25-14-19)30-22-12-18(11-21-24(22)31-16(2)26-21)17-3-5-20(6-4-17)27-7-9-29-10-8-27/h3-6,11-12,15,19H,7-10,13-14H2,1-2H3,(H,25,28)/t15?,19-/m1/s1. The predicted molar refractivity (Wildman–Crippen MR) is 124 cm³/mol. The van der Waals surface area contributed by atoms with Crippen LogP contribution in [0, 0.1) is 12.8 Å². The SMILES string of the molecule is Cc1nc2cc(-c3ccc(N4CCOCC4)cc3)cc(OC(C)[C@H]3CNC(=O)C3)c2s1. The summed E-state index contributed by atoms with van der Waals surface area (Å²) in [4.78, 5) is 18.7. The molecule has 162 valence electrons. The molecule has 0 saturated carbocycles. The second-order valence-corrected chi connectivity index (χ2v) is 9.50. The topological polar surface area (TPSA) is 63.7 Å². The van der Waals surface area contributed by atoms with Crippen molar-refractivity contribution in [2.24, 2.45) is 5.92 Å². The number of carbonyl (C=O) groups is 1. The molecule has 2 atom stereocenters. The number of benzene rings is 2. The normalized spacial score (nSPS) is 20.1. The van der Waals surface area contributed by atoms with Crippen molar-refractivity contribution in [1.29, 1.82) is 0 Å². The van der Waals surface area contributed by atoms with Gasteiger partial charge in [-0.05, 0) is 49.2 Å². The fourth-order valence-corrected chi connectivity index (χ4v) is 5.17. The Labute approximate surface area is 186 Å². The summed E-state index contributed by atoms with van der Waals surface area (Å²) in [6.07, 6.45) is 0.470. The summed E-state index contributed by atoms with van der Waals surface area (Å²) in [5.41, 5.74) is 4.41. The molecule has 1 aromatic heterocycles. The molecule has 1 N–H and O–H groups in total. The lowest BCUT2D eigenvalue weighted by atomic mass is 10.0. The number of hydrogen-bond acceptors (Lipinski definition) is 6. The quantitative estimate of drug-likeness (QED) is 0.653. The highest BCUT2D eigenvalue weighted by atomic mass is 32.1. The number of hydrogen-bond donors (Lipinski definition) is 1. The van der Waals surface area contributed by atoms with E-state index in [0.717, 1.165) is 58.4 Å². The lowest BCUT2D eigenvalue weighted by Crippen LogP contribution is -2.36. The van der Waals surface area contributed by atoms with Gasteiger partial charge in [-0.25, -0.2) is 4.98 Å².